The number of anilines is 1. The van der Waals surface area contributed by atoms with Crippen molar-refractivity contribution in [2.45, 2.75) is 19.9 Å². The monoisotopic (exact) mass is 266 g/mol. The summed E-state index contributed by atoms with van der Waals surface area (Å²) in [7, 11) is 1.62. The highest BCUT2D eigenvalue weighted by Gasteiger charge is 2.17. The molecule has 0 fully saturated rings. The summed E-state index contributed by atoms with van der Waals surface area (Å²) >= 11 is 0. The zero-order valence-electron chi connectivity index (χ0n) is 11.8. The lowest BCUT2D eigenvalue weighted by Gasteiger charge is -2.26. The second-order valence-corrected chi connectivity index (χ2v) is 4.50. The van der Waals surface area contributed by atoms with Crippen LogP contribution in [0.3, 0.4) is 0 Å². The maximum Gasteiger partial charge on any atom is 0.260 e. The summed E-state index contributed by atoms with van der Waals surface area (Å²) in [4.78, 5) is 13.8. The average Bonchev–Trinajstić information content (AvgIpc) is 2.38. The number of hydrogen-bond donors (Lipinski definition) is 1. The van der Waals surface area contributed by atoms with Gasteiger partial charge < -0.3 is 20.1 Å². The van der Waals surface area contributed by atoms with Gasteiger partial charge in [0.25, 0.3) is 5.91 Å². The predicted molar refractivity (Wildman–Crippen MR) is 75.1 cm³/mol. The molecule has 0 atom stereocenters. The van der Waals surface area contributed by atoms with E-state index in [9.17, 15) is 4.79 Å². The number of para-hydroxylation sites is 2. The van der Waals surface area contributed by atoms with Crippen LogP contribution < -0.4 is 10.5 Å². The lowest BCUT2D eigenvalue weighted by Crippen LogP contribution is -2.41. The van der Waals surface area contributed by atoms with Crippen molar-refractivity contribution in [1.29, 1.82) is 0 Å². The van der Waals surface area contributed by atoms with E-state index in [1.165, 1.54) is 0 Å². The molecule has 1 aromatic rings. The summed E-state index contributed by atoms with van der Waals surface area (Å²) in [5, 5.41) is 0. The first-order valence-corrected chi connectivity index (χ1v) is 6.32. The maximum absolute atomic E-state index is 12.1. The van der Waals surface area contributed by atoms with E-state index in [0.717, 1.165) is 0 Å². The Balaban J connectivity index is 2.55. The first-order chi connectivity index (χ1) is 9.06. The number of rotatable bonds is 7. The molecule has 2 N–H and O–H groups in total. The van der Waals surface area contributed by atoms with Crippen molar-refractivity contribution in [3.63, 3.8) is 0 Å². The summed E-state index contributed by atoms with van der Waals surface area (Å²) < 4.78 is 10.5. The van der Waals surface area contributed by atoms with E-state index < -0.39 is 0 Å². The van der Waals surface area contributed by atoms with Gasteiger partial charge in [-0.25, -0.2) is 0 Å². The van der Waals surface area contributed by atoms with Crippen molar-refractivity contribution >= 4 is 11.6 Å². The lowest BCUT2D eigenvalue weighted by molar-refractivity contribution is -0.135. The van der Waals surface area contributed by atoms with Crippen molar-refractivity contribution in [1.82, 2.24) is 4.90 Å². The van der Waals surface area contributed by atoms with E-state index in [1.807, 2.05) is 26.0 Å². The number of ether oxygens (including phenoxy) is 2. The number of methoxy groups -OCH3 is 1. The van der Waals surface area contributed by atoms with Gasteiger partial charge in [0.2, 0.25) is 0 Å². The molecule has 0 heterocycles. The van der Waals surface area contributed by atoms with Gasteiger partial charge in [0.05, 0.1) is 12.3 Å². The Bertz CT molecular complexity index is 407. The number of nitrogens with zero attached hydrogens (tertiary/aromatic N) is 1. The zero-order valence-corrected chi connectivity index (χ0v) is 11.8. The Morgan fingerprint density at radius 1 is 1.37 bits per heavy atom. The van der Waals surface area contributed by atoms with Crippen LogP contribution in [0.15, 0.2) is 24.3 Å². The predicted octanol–water partition coefficient (Wildman–Crippen LogP) is 1.53. The molecule has 0 spiro atoms. The van der Waals surface area contributed by atoms with Gasteiger partial charge in [-0.3, -0.25) is 4.79 Å². The fraction of sp³-hybridized carbons (Fsp3) is 0.500. The minimum atomic E-state index is -0.0738. The minimum absolute atomic E-state index is 0.0178. The second kappa shape index (κ2) is 7.63. The van der Waals surface area contributed by atoms with Crippen molar-refractivity contribution in [3.05, 3.63) is 24.3 Å². The highest BCUT2D eigenvalue weighted by Crippen LogP contribution is 2.19. The summed E-state index contributed by atoms with van der Waals surface area (Å²) in [5.41, 5.74) is 6.28. The Kier molecular flexibility index (Phi) is 6.15. The van der Waals surface area contributed by atoms with Crippen LogP contribution in [-0.2, 0) is 9.53 Å². The van der Waals surface area contributed by atoms with Crippen LogP contribution in [-0.4, -0.2) is 43.7 Å². The van der Waals surface area contributed by atoms with Gasteiger partial charge in [-0.1, -0.05) is 12.1 Å². The molecule has 0 aliphatic heterocycles. The molecular formula is C14H22N2O3. The van der Waals surface area contributed by atoms with E-state index in [-0.39, 0.29) is 18.6 Å². The summed E-state index contributed by atoms with van der Waals surface area (Å²) in [6, 6.07) is 7.24. The average molecular weight is 266 g/mol. The van der Waals surface area contributed by atoms with Crippen LogP contribution in [0.1, 0.15) is 13.8 Å². The number of benzene rings is 1. The number of hydrogen-bond acceptors (Lipinski definition) is 4. The Labute approximate surface area is 114 Å². The third kappa shape index (κ3) is 4.79. The molecule has 1 rings (SSSR count). The van der Waals surface area contributed by atoms with Crippen LogP contribution in [0.2, 0.25) is 0 Å². The second-order valence-electron chi connectivity index (χ2n) is 4.50. The molecule has 1 aromatic carbocycles. The Morgan fingerprint density at radius 3 is 2.63 bits per heavy atom. The molecule has 0 unspecified atom stereocenters. The molecule has 5 heteroatoms. The third-order valence-electron chi connectivity index (χ3n) is 2.75. The first kappa shape index (κ1) is 15.3. The highest BCUT2D eigenvalue weighted by atomic mass is 16.5. The maximum atomic E-state index is 12.1. The number of nitrogen functional groups attached to an aromatic ring is 1. The molecule has 0 aliphatic carbocycles. The fourth-order valence-electron chi connectivity index (χ4n) is 1.69. The van der Waals surface area contributed by atoms with Gasteiger partial charge in [-0.15, -0.1) is 0 Å². The Morgan fingerprint density at radius 2 is 2.05 bits per heavy atom. The normalized spacial score (nSPS) is 10.5. The third-order valence-corrected chi connectivity index (χ3v) is 2.75. The first-order valence-electron chi connectivity index (χ1n) is 6.32. The molecule has 19 heavy (non-hydrogen) atoms. The van der Waals surface area contributed by atoms with Crippen LogP contribution in [0.25, 0.3) is 0 Å². The van der Waals surface area contributed by atoms with Crippen LogP contribution in [0.4, 0.5) is 5.69 Å². The zero-order chi connectivity index (χ0) is 14.3. The molecular weight excluding hydrogens is 244 g/mol. The molecule has 0 aromatic heterocycles. The molecule has 106 valence electrons. The topological polar surface area (TPSA) is 64.8 Å². The SMILES string of the molecule is COCCN(C(=O)COc1ccccc1N)C(C)C. The number of carbonyl (C=O) groups is 1. The van der Waals surface area contributed by atoms with Gasteiger partial charge in [0.1, 0.15) is 5.75 Å². The van der Waals surface area contributed by atoms with Gasteiger partial charge in [0, 0.05) is 19.7 Å². The van der Waals surface area contributed by atoms with Crippen LogP contribution >= 0.6 is 0 Å². The quantitative estimate of drug-likeness (QED) is 0.760. The lowest BCUT2D eigenvalue weighted by atomic mass is 10.3. The molecule has 1 amide bonds. The van der Waals surface area contributed by atoms with Crippen molar-refractivity contribution in [2.75, 3.05) is 32.6 Å². The summed E-state index contributed by atoms with van der Waals surface area (Å²) in [6.45, 7) is 4.98. The van der Waals surface area contributed by atoms with Crippen molar-refractivity contribution in [3.8, 4) is 5.75 Å². The highest BCUT2D eigenvalue weighted by molar-refractivity contribution is 5.78. The Hall–Kier alpha value is -1.75. The van der Waals surface area contributed by atoms with Crippen LogP contribution in [0, 0.1) is 0 Å². The van der Waals surface area contributed by atoms with E-state index in [1.54, 1.807) is 24.1 Å². The smallest absolute Gasteiger partial charge is 0.260 e. The van der Waals surface area contributed by atoms with Gasteiger partial charge >= 0.3 is 0 Å². The number of carbonyl (C=O) groups excluding carboxylic acids is 1. The van der Waals surface area contributed by atoms with Gasteiger partial charge in [-0.05, 0) is 26.0 Å². The van der Waals surface area contributed by atoms with Crippen molar-refractivity contribution < 1.29 is 14.3 Å². The van der Waals surface area contributed by atoms with E-state index in [0.29, 0.717) is 24.6 Å². The molecule has 0 bridgehead atoms. The largest absolute Gasteiger partial charge is 0.482 e. The van der Waals surface area contributed by atoms with E-state index >= 15 is 0 Å². The molecule has 0 radical (unpaired) electrons. The van der Waals surface area contributed by atoms with Crippen LogP contribution in [0.5, 0.6) is 5.75 Å². The molecule has 5 nitrogen and oxygen atoms in total. The van der Waals surface area contributed by atoms with E-state index in [2.05, 4.69) is 0 Å². The van der Waals surface area contributed by atoms with Crippen molar-refractivity contribution in [2.24, 2.45) is 0 Å². The number of amides is 1. The van der Waals surface area contributed by atoms with E-state index in [4.69, 9.17) is 15.2 Å². The fourth-order valence-corrected chi connectivity index (χ4v) is 1.69. The number of nitrogens with two attached hydrogens (primary N) is 1. The molecule has 0 saturated heterocycles. The minimum Gasteiger partial charge on any atom is -0.482 e. The summed E-state index contributed by atoms with van der Waals surface area (Å²) in [6.07, 6.45) is 0. The van der Waals surface area contributed by atoms with Gasteiger partial charge in [0.15, 0.2) is 6.61 Å². The summed E-state index contributed by atoms with van der Waals surface area (Å²) in [5.74, 6) is 0.460. The molecule has 0 aliphatic rings. The molecule has 0 saturated carbocycles. The standard InChI is InChI=1S/C14H22N2O3/c1-11(2)16(8-9-18-3)14(17)10-19-13-7-5-4-6-12(13)15/h4-7,11H,8-10,15H2,1-3H3. The van der Waals surface area contributed by atoms with Gasteiger partial charge in [-0.2, -0.15) is 0 Å².